The van der Waals surface area contributed by atoms with Gasteiger partial charge >= 0.3 is 0 Å². The van der Waals surface area contributed by atoms with Crippen LogP contribution in [-0.2, 0) is 4.74 Å². The number of benzene rings is 1. The van der Waals surface area contributed by atoms with Crippen LogP contribution >= 0.6 is 11.6 Å². The molecule has 3 nitrogen and oxygen atoms in total. The van der Waals surface area contributed by atoms with Crippen LogP contribution in [0.2, 0.25) is 5.02 Å². The van der Waals surface area contributed by atoms with E-state index >= 15 is 0 Å². The summed E-state index contributed by atoms with van der Waals surface area (Å²) in [6, 6.07) is 7.12. The Bertz CT molecular complexity index is 474. The first-order chi connectivity index (χ1) is 9.13. The molecule has 1 amide bonds. The lowest BCUT2D eigenvalue weighted by atomic mass is 9.92. The molecule has 2 fully saturated rings. The second-order valence-electron chi connectivity index (χ2n) is 5.53. The average molecular weight is 280 g/mol. The number of piperidine rings is 1. The van der Waals surface area contributed by atoms with E-state index in [9.17, 15) is 4.79 Å². The Morgan fingerprint density at radius 2 is 2.11 bits per heavy atom. The van der Waals surface area contributed by atoms with E-state index in [1.165, 1.54) is 0 Å². The summed E-state index contributed by atoms with van der Waals surface area (Å²) < 4.78 is 5.86. The number of likely N-dealkylation sites (tertiary alicyclic amines) is 1. The molecule has 2 heterocycles. The maximum absolute atomic E-state index is 12.4. The summed E-state index contributed by atoms with van der Waals surface area (Å²) in [6.07, 6.45) is 2.70. The molecule has 0 bridgehead atoms. The van der Waals surface area contributed by atoms with E-state index in [0.29, 0.717) is 23.1 Å². The first kappa shape index (κ1) is 12.9. The molecule has 19 heavy (non-hydrogen) atoms. The molecule has 0 aliphatic carbocycles. The van der Waals surface area contributed by atoms with Gasteiger partial charge in [0.2, 0.25) is 0 Å². The minimum Gasteiger partial charge on any atom is -0.375 e. The van der Waals surface area contributed by atoms with E-state index in [4.69, 9.17) is 16.3 Å². The van der Waals surface area contributed by atoms with Crippen LogP contribution in [0.1, 0.15) is 30.1 Å². The van der Waals surface area contributed by atoms with Crippen molar-refractivity contribution < 1.29 is 9.53 Å². The zero-order valence-corrected chi connectivity index (χ0v) is 11.8. The van der Waals surface area contributed by atoms with Crippen molar-refractivity contribution in [3.05, 3.63) is 34.9 Å². The molecule has 0 radical (unpaired) electrons. The van der Waals surface area contributed by atoms with Gasteiger partial charge in [0.1, 0.15) is 0 Å². The Morgan fingerprint density at radius 3 is 2.84 bits per heavy atom. The summed E-state index contributed by atoms with van der Waals surface area (Å²) in [7, 11) is 0. The third kappa shape index (κ3) is 2.63. The molecule has 0 unspecified atom stereocenters. The van der Waals surface area contributed by atoms with Crippen molar-refractivity contribution in [3.8, 4) is 0 Å². The van der Waals surface area contributed by atoms with Gasteiger partial charge in [-0.2, -0.15) is 0 Å². The molecule has 4 heteroatoms. The van der Waals surface area contributed by atoms with Crippen molar-refractivity contribution in [1.82, 2.24) is 4.90 Å². The number of hydrogen-bond donors (Lipinski definition) is 0. The highest BCUT2D eigenvalue weighted by Crippen LogP contribution is 2.33. The molecule has 0 saturated carbocycles. The molecule has 1 aromatic carbocycles. The first-order valence-corrected chi connectivity index (χ1v) is 7.21. The largest absolute Gasteiger partial charge is 0.375 e. The van der Waals surface area contributed by atoms with Gasteiger partial charge in [0.05, 0.1) is 12.2 Å². The van der Waals surface area contributed by atoms with Crippen molar-refractivity contribution in [2.75, 3.05) is 13.1 Å². The SMILES string of the molecule is C[C@@H]1C[C@@H]2CN(C(=O)c3ccc(Cl)cc3)CC[C@@H]2O1. The van der Waals surface area contributed by atoms with Gasteiger partial charge in [-0.1, -0.05) is 11.6 Å². The maximum Gasteiger partial charge on any atom is 0.253 e. The zero-order valence-electron chi connectivity index (χ0n) is 11.0. The van der Waals surface area contributed by atoms with Gasteiger partial charge in [0.15, 0.2) is 0 Å². The maximum atomic E-state index is 12.4. The predicted octanol–water partition coefficient (Wildman–Crippen LogP) is 2.98. The van der Waals surface area contributed by atoms with Crippen LogP contribution in [0.3, 0.4) is 0 Å². The smallest absolute Gasteiger partial charge is 0.253 e. The van der Waals surface area contributed by atoms with E-state index < -0.39 is 0 Å². The number of nitrogens with zero attached hydrogens (tertiary/aromatic N) is 1. The molecule has 1 aromatic rings. The highest BCUT2D eigenvalue weighted by molar-refractivity contribution is 6.30. The summed E-state index contributed by atoms with van der Waals surface area (Å²) in [5.41, 5.74) is 0.717. The van der Waals surface area contributed by atoms with Crippen LogP contribution in [0.15, 0.2) is 24.3 Å². The standard InChI is InChI=1S/C15H18ClNO2/c1-10-8-12-9-17(7-6-14(12)19-10)15(18)11-2-4-13(16)5-3-11/h2-5,10,12,14H,6-9H2,1H3/t10-,12-,14+/m1/s1. The number of amides is 1. The van der Waals surface area contributed by atoms with E-state index in [-0.39, 0.29) is 5.91 Å². The quantitative estimate of drug-likeness (QED) is 0.791. The van der Waals surface area contributed by atoms with Crippen LogP contribution in [-0.4, -0.2) is 36.1 Å². The van der Waals surface area contributed by atoms with Crippen molar-refractivity contribution in [1.29, 1.82) is 0 Å². The van der Waals surface area contributed by atoms with Crippen LogP contribution in [0.4, 0.5) is 0 Å². The van der Waals surface area contributed by atoms with E-state index in [2.05, 4.69) is 6.92 Å². The van der Waals surface area contributed by atoms with Gasteiger partial charge < -0.3 is 9.64 Å². The van der Waals surface area contributed by atoms with Crippen molar-refractivity contribution in [3.63, 3.8) is 0 Å². The van der Waals surface area contributed by atoms with Crippen LogP contribution in [0.25, 0.3) is 0 Å². The lowest BCUT2D eigenvalue weighted by Crippen LogP contribution is -2.44. The normalized spacial score (nSPS) is 30.2. The number of carbonyl (C=O) groups is 1. The van der Waals surface area contributed by atoms with E-state index in [0.717, 1.165) is 31.5 Å². The van der Waals surface area contributed by atoms with Crippen molar-refractivity contribution >= 4 is 17.5 Å². The van der Waals surface area contributed by atoms with Gasteiger partial charge in [-0.25, -0.2) is 0 Å². The molecule has 2 saturated heterocycles. The first-order valence-electron chi connectivity index (χ1n) is 6.84. The molecule has 0 spiro atoms. The highest BCUT2D eigenvalue weighted by Gasteiger charge is 2.38. The topological polar surface area (TPSA) is 29.5 Å². The summed E-state index contributed by atoms with van der Waals surface area (Å²) in [4.78, 5) is 14.4. The Kier molecular flexibility index (Phi) is 3.50. The van der Waals surface area contributed by atoms with Crippen LogP contribution in [0.5, 0.6) is 0 Å². The molecule has 2 aliphatic heterocycles. The van der Waals surface area contributed by atoms with E-state index in [1.54, 1.807) is 24.3 Å². The number of carbonyl (C=O) groups excluding carboxylic acids is 1. The predicted molar refractivity (Wildman–Crippen MR) is 74.4 cm³/mol. The second-order valence-corrected chi connectivity index (χ2v) is 5.96. The van der Waals surface area contributed by atoms with Crippen LogP contribution < -0.4 is 0 Å². The summed E-state index contributed by atoms with van der Waals surface area (Å²) >= 11 is 5.85. The lowest BCUT2D eigenvalue weighted by Gasteiger charge is -2.34. The zero-order chi connectivity index (χ0) is 13.4. The molecular weight excluding hydrogens is 262 g/mol. The number of hydrogen-bond acceptors (Lipinski definition) is 2. The Labute approximate surface area is 118 Å². The third-order valence-corrected chi connectivity index (χ3v) is 4.34. The summed E-state index contributed by atoms with van der Waals surface area (Å²) in [5, 5.41) is 0.660. The Morgan fingerprint density at radius 1 is 1.37 bits per heavy atom. The Balaban J connectivity index is 1.70. The van der Waals surface area contributed by atoms with Gasteiger partial charge in [-0.05, 0) is 44.0 Å². The van der Waals surface area contributed by atoms with E-state index in [1.807, 2.05) is 4.90 Å². The van der Waals surface area contributed by atoms with Crippen molar-refractivity contribution in [2.24, 2.45) is 5.92 Å². The van der Waals surface area contributed by atoms with Gasteiger partial charge in [0.25, 0.3) is 5.91 Å². The fraction of sp³-hybridized carbons (Fsp3) is 0.533. The number of fused-ring (bicyclic) bond motifs is 1. The molecule has 3 atom stereocenters. The summed E-state index contributed by atoms with van der Waals surface area (Å²) in [5.74, 6) is 0.606. The number of rotatable bonds is 1. The fourth-order valence-electron chi connectivity index (χ4n) is 3.16. The number of ether oxygens (including phenoxy) is 1. The highest BCUT2D eigenvalue weighted by atomic mass is 35.5. The minimum absolute atomic E-state index is 0.106. The number of halogens is 1. The molecule has 2 aliphatic rings. The van der Waals surface area contributed by atoms with Crippen molar-refractivity contribution in [2.45, 2.75) is 32.0 Å². The van der Waals surface area contributed by atoms with Gasteiger partial charge in [-0.15, -0.1) is 0 Å². The Hall–Kier alpha value is -1.06. The van der Waals surface area contributed by atoms with Gasteiger partial charge in [0, 0.05) is 29.6 Å². The molecular formula is C15H18ClNO2. The monoisotopic (exact) mass is 279 g/mol. The fourth-order valence-corrected chi connectivity index (χ4v) is 3.28. The molecule has 102 valence electrons. The molecule has 0 N–H and O–H groups in total. The molecule has 0 aromatic heterocycles. The third-order valence-electron chi connectivity index (χ3n) is 4.08. The average Bonchev–Trinajstić information content (AvgIpc) is 2.77. The second kappa shape index (κ2) is 5.14. The minimum atomic E-state index is 0.106. The summed E-state index contributed by atoms with van der Waals surface area (Å²) in [6.45, 7) is 3.72. The van der Waals surface area contributed by atoms with Gasteiger partial charge in [-0.3, -0.25) is 4.79 Å². The molecule has 3 rings (SSSR count). The lowest BCUT2D eigenvalue weighted by molar-refractivity contribution is 0.00865. The van der Waals surface area contributed by atoms with Crippen LogP contribution in [0, 0.1) is 5.92 Å².